The predicted molar refractivity (Wildman–Crippen MR) is 145 cm³/mol. The summed E-state index contributed by atoms with van der Waals surface area (Å²) in [6.45, 7) is -0.0782. The average Bonchev–Trinajstić information content (AvgIpc) is 3.75. The van der Waals surface area contributed by atoms with Gasteiger partial charge < -0.3 is 16.0 Å². The molecule has 1 aliphatic carbocycles. The van der Waals surface area contributed by atoms with Crippen molar-refractivity contribution in [2.24, 2.45) is 0 Å². The molecule has 1 fully saturated rings. The second-order valence-electron chi connectivity index (χ2n) is 9.28. The van der Waals surface area contributed by atoms with E-state index in [1.807, 2.05) is 12.1 Å². The van der Waals surface area contributed by atoms with Crippen molar-refractivity contribution in [1.29, 1.82) is 0 Å². The third-order valence-corrected chi connectivity index (χ3v) is 6.59. The molecule has 1 aliphatic rings. The maximum absolute atomic E-state index is 13.3. The molecule has 0 saturated heterocycles. The van der Waals surface area contributed by atoms with Gasteiger partial charge in [0, 0.05) is 12.1 Å². The van der Waals surface area contributed by atoms with Gasteiger partial charge in [-0.2, -0.15) is 0 Å². The molecule has 0 aliphatic heterocycles. The van der Waals surface area contributed by atoms with Gasteiger partial charge in [0.25, 0.3) is 5.91 Å². The highest BCUT2D eigenvalue weighted by Gasteiger charge is 2.46. The fourth-order valence-corrected chi connectivity index (χ4v) is 4.32. The van der Waals surface area contributed by atoms with Crippen LogP contribution in [0, 0.1) is 17.7 Å². The van der Waals surface area contributed by atoms with Crippen LogP contribution in [0.2, 0.25) is 0 Å². The minimum Gasteiger partial charge on any atom is -0.344 e. The monoisotopic (exact) mass is 520 g/mol. The van der Waals surface area contributed by atoms with Gasteiger partial charge in [0.05, 0.1) is 18.3 Å². The first kappa shape index (κ1) is 25.6. The number of nitrogens with zero attached hydrogens (tertiary/aromatic N) is 1. The maximum atomic E-state index is 13.3. The van der Waals surface area contributed by atoms with Crippen molar-refractivity contribution < 1.29 is 18.8 Å². The highest BCUT2D eigenvalue weighted by atomic mass is 19.1. The van der Waals surface area contributed by atoms with Crippen LogP contribution in [0.15, 0.2) is 85.1 Å². The number of carbonyl (C=O) groups is 3. The summed E-state index contributed by atoms with van der Waals surface area (Å²) >= 11 is 0. The van der Waals surface area contributed by atoms with Crippen molar-refractivity contribution in [2.75, 3.05) is 6.54 Å². The van der Waals surface area contributed by atoms with E-state index in [-0.39, 0.29) is 19.0 Å². The van der Waals surface area contributed by atoms with E-state index in [1.54, 1.807) is 24.3 Å². The van der Waals surface area contributed by atoms with E-state index < -0.39 is 23.2 Å². The van der Waals surface area contributed by atoms with Crippen molar-refractivity contribution in [3.63, 3.8) is 0 Å². The number of nitrogens with one attached hydrogen (secondary N) is 3. The van der Waals surface area contributed by atoms with Gasteiger partial charge in [0.2, 0.25) is 0 Å². The van der Waals surface area contributed by atoms with Crippen LogP contribution in [0.4, 0.5) is 4.39 Å². The van der Waals surface area contributed by atoms with Crippen LogP contribution in [0.25, 0.3) is 10.8 Å². The summed E-state index contributed by atoms with van der Waals surface area (Å²) in [6.07, 6.45) is 2.73. The molecule has 0 radical (unpaired) electrons. The number of fused-ring (bicyclic) bond motifs is 1. The summed E-state index contributed by atoms with van der Waals surface area (Å²) in [4.78, 5) is 41.6. The molecule has 0 spiro atoms. The Bertz CT molecular complexity index is 1620. The first-order valence-electron chi connectivity index (χ1n) is 12.5. The summed E-state index contributed by atoms with van der Waals surface area (Å²) in [7, 11) is 0. The lowest BCUT2D eigenvalue weighted by molar-refractivity contribution is -0.139. The molecule has 1 heterocycles. The molecule has 5 rings (SSSR count). The predicted octanol–water partition coefficient (Wildman–Crippen LogP) is 3.58. The van der Waals surface area contributed by atoms with Gasteiger partial charge in [0.1, 0.15) is 11.5 Å². The van der Waals surface area contributed by atoms with Gasteiger partial charge in [-0.1, -0.05) is 60.5 Å². The third-order valence-electron chi connectivity index (χ3n) is 6.59. The molecule has 1 saturated carbocycles. The molecule has 7 nitrogen and oxygen atoms in total. The Morgan fingerprint density at radius 3 is 2.38 bits per heavy atom. The van der Waals surface area contributed by atoms with Gasteiger partial charge in [-0.3, -0.25) is 14.4 Å². The molecule has 4 aromatic rings. The first-order valence-corrected chi connectivity index (χ1v) is 12.5. The molecule has 3 aromatic carbocycles. The highest BCUT2D eigenvalue weighted by molar-refractivity contribution is 6.35. The average molecular weight is 521 g/mol. The lowest BCUT2D eigenvalue weighted by atomic mass is 9.99. The summed E-state index contributed by atoms with van der Waals surface area (Å²) in [5.74, 6) is 2.92. The van der Waals surface area contributed by atoms with Crippen molar-refractivity contribution in [1.82, 2.24) is 20.9 Å². The normalized spacial score (nSPS) is 13.1. The molecule has 39 heavy (non-hydrogen) atoms. The Morgan fingerprint density at radius 1 is 0.872 bits per heavy atom. The van der Waals surface area contributed by atoms with Crippen LogP contribution in [-0.4, -0.2) is 29.3 Å². The molecule has 3 amide bonds. The lowest BCUT2D eigenvalue weighted by Crippen LogP contribution is -2.40. The van der Waals surface area contributed by atoms with E-state index in [0.29, 0.717) is 16.8 Å². The van der Waals surface area contributed by atoms with Gasteiger partial charge in [-0.05, 0) is 64.9 Å². The number of pyridine rings is 1. The van der Waals surface area contributed by atoms with Gasteiger partial charge in [0.15, 0.2) is 0 Å². The zero-order valence-corrected chi connectivity index (χ0v) is 21.0. The van der Waals surface area contributed by atoms with Gasteiger partial charge in [-0.15, -0.1) is 0 Å². The number of halogens is 1. The largest absolute Gasteiger partial charge is 0.344 e. The maximum Gasteiger partial charge on any atom is 0.310 e. The van der Waals surface area contributed by atoms with Crippen LogP contribution in [0.3, 0.4) is 0 Å². The standard InChI is InChI=1S/C31H25FN4O3/c32-25-13-14-26(34-20-25)9-5-17-33-29(38)30(39)35-19-23-8-3-4-10-27(23)28(37)36-31(15-16-31)24-12-11-21-6-1-2-7-22(21)18-24/h1-4,6-8,10-14,18,20H,15-17,19H2,(H,33,38)(H,35,39)(H,36,37). The topological polar surface area (TPSA) is 100 Å². The van der Waals surface area contributed by atoms with E-state index in [1.165, 1.54) is 12.1 Å². The van der Waals surface area contributed by atoms with E-state index in [4.69, 9.17) is 0 Å². The van der Waals surface area contributed by atoms with Crippen LogP contribution in [0.1, 0.15) is 40.0 Å². The molecular weight excluding hydrogens is 495 g/mol. The Morgan fingerprint density at radius 2 is 1.62 bits per heavy atom. The molecule has 3 N–H and O–H groups in total. The van der Waals surface area contributed by atoms with Crippen LogP contribution in [-0.2, 0) is 21.7 Å². The number of amides is 3. The Hall–Kier alpha value is -5.03. The minimum absolute atomic E-state index is 0.00397. The molecule has 0 unspecified atom stereocenters. The molecule has 0 bridgehead atoms. The molecule has 8 heteroatoms. The number of aromatic nitrogens is 1. The van der Waals surface area contributed by atoms with E-state index in [9.17, 15) is 18.8 Å². The molecule has 0 atom stereocenters. The minimum atomic E-state index is -0.855. The van der Waals surface area contributed by atoms with Crippen molar-refractivity contribution >= 4 is 28.5 Å². The second-order valence-corrected chi connectivity index (χ2v) is 9.28. The quantitative estimate of drug-likeness (QED) is 0.267. The van der Waals surface area contributed by atoms with Crippen molar-refractivity contribution in [3.8, 4) is 11.8 Å². The number of rotatable bonds is 6. The van der Waals surface area contributed by atoms with Crippen molar-refractivity contribution in [3.05, 3.63) is 113 Å². The van der Waals surface area contributed by atoms with Crippen LogP contribution < -0.4 is 16.0 Å². The zero-order valence-electron chi connectivity index (χ0n) is 21.0. The SMILES string of the molecule is O=C(NCC#Cc1ccc(F)cn1)C(=O)NCc1ccccc1C(=O)NC1(c2ccc3ccccc3c2)CC1. The van der Waals surface area contributed by atoms with E-state index in [0.717, 1.165) is 35.4 Å². The number of carbonyl (C=O) groups excluding carboxylic acids is 3. The second kappa shape index (κ2) is 11.2. The number of hydrogen-bond acceptors (Lipinski definition) is 4. The summed E-state index contributed by atoms with van der Waals surface area (Å²) in [5.41, 5.74) is 2.02. The fraction of sp³-hybridized carbons (Fsp3) is 0.161. The Balaban J connectivity index is 1.18. The Kier molecular flexibility index (Phi) is 7.32. The zero-order chi connectivity index (χ0) is 27.2. The first-order chi connectivity index (χ1) is 18.9. The third kappa shape index (κ3) is 6.11. The smallest absolute Gasteiger partial charge is 0.310 e. The lowest BCUT2D eigenvalue weighted by Gasteiger charge is -2.20. The fourth-order valence-electron chi connectivity index (χ4n) is 4.32. The number of hydrogen-bond donors (Lipinski definition) is 3. The summed E-state index contributed by atoms with van der Waals surface area (Å²) < 4.78 is 12.9. The highest BCUT2D eigenvalue weighted by Crippen LogP contribution is 2.46. The molecular formula is C31H25FN4O3. The summed E-state index contributed by atoms with van der Waals surface area (Å²) in [5, 5.41) is 10.4. The molecule has 1 aromatic heterocycles. The summed E-state index contributed by atoms with van der Waals surface area (Å²) in [6, 6.07) is 24.0. The van der Waals surface area contributed by atoms with Gasteiger partial charge >= 0.3 is 11.8 Å². The van der Waals surface area contributed by atoms with E-state index in [2.05, 4.69) is 63.1 Å². The van der Waals surface area contributed by atoms with E-state index >= 15 is 0 Å². The Labute approximate surface area is 224 Å². The van der Waals surface area contributed by atoms with Crippen molar-refractivity contribution in [2.45, 2.75) is 24.9 Å². The molecule has 194 valence electrons. The number of benzene rings is 3. The van der Waals surface area contributed by atoms with Gasteiger partial charge in [-0.25, -0.2) is 9.37 Å². The van der Waals surface area contributed by atoms with Crippen LogP contribution >= 0.6 is 0 Å². The van der Waals surface area contributed by atoms with Crippen LogP contribution in [0.5, 0.6) is 0 Å².